The highest BCUT2D eigenvalue weighted by Crippen LogP contribution is 2.19. The Morgan fingerprint density at radius 2 is 2.33 bits per heavy atom. The lowest BCUT2D eigenvalue weighted by atomic mass is 10.1. The van der Waals surface area contributed by atoms with Crippen LogP contribution in [0.3, 0.4) is 0 Å². The van der Waals surface area contributed by atoms with Gasteiger partial charge in [0.05, 0.1) is 11.5 Å². The zero-order valence-electron chi connectivity index (χ0n) is 11.0. The molecule has 1 N–H and O–H groups in total. The number of hydrogen-bond donors (Lipinski definition) is 1. The Labute approximate surface area is 107 Å². The predicted molar refractivity (Wildman–Crippen MR) is 68.7 cm³/mol. The van der Waals surface area contributed by atoms with Gasteiger partial charge in [-0.15, -0.1) is 0 Å². The molecule has 0 amide bonds. The van der Waals surface area contributed by atoms with Gasteiger partial charge >= 0.3 is 0 Å². The summed E-state index contributed by atoms with van der Waals surface area (Å²) in [5, 5.41) is 14.2. The molecule has 6 nitrogen and oxygen atoms in total. The molecular formula is C12H19N3O3. The Hall–Kier alpha value is -1.53. The molecule has 0 radical (unpaired) electrons. The normalized spacial score (nSPS) is 12.4. The monoisotopic (exact) mass is 253 g/mol. The van der Waals surface area contributed by atoms with Gasteiger partial charge in [-0.2, -0.15) is 0 Å². The fourth-order valence-corrected chi connectivity index (χ4v) is 1.81. The number of aromatic nitrogens is 1. The zero-order chi connectivity index (χ0) is 13.5. The van der Waals surface area contributed by atoms with Crippen molar-refractivity contribution in [2.45, 2.75) is 26.3 Å². The maximum atomic E-state index is 11.0. The quantitative estimate of drug-likeness (QED) is 0.588. The van der Waals surface area contributed by atoms with Crippen LogP contribution in [0, 0.1) is 17.0 Å². The molecule has 0 saturated heterocycles. The molecule has 6 heteroatoms. The number of nitrogens with one attached hydrogen (secondary N) is 1. The molecule has 1 aromatic heterocycles. The van der Waals surface area contributed by atoms with Crippen molar-refractivity contribution in [1.82, 2.24) is 10.3 Å². The van der Waals surface area contributed by atoms with Gasteiger partial charge in [0.2, 0.25) is 0 Å². The third kappa shape index (κ3) is 4.05. The second-order valence-corrected chi connectivity index (χ2v) is 4.15. The van der Waals surface area contributed by atoms with Gasteiger partial charge in [-0.05, 0) is 19.0 Å². The van der Waals surface area contributed by atoms with Gasteiger partial charge in [0, 0.05) is 31.8 Å². The van der Waals surface area contributed by atoms with E-state index in [4.69, 9.17) is 4.74 Å². The Bertz CT molecular complexity index is 404. The molecule has 0 saturated carbocycles. The summed E-state index contributed by atoms with van der Waals surface area (Å²) in [6.07, 6.45) is 2.14. The number of nitro groups is 1. The van der Waals surface area contributed by atoms with Crippen LogP contribution in [0.15, 0.2) is 12.3 Å². The zero-order valence-corrected chi connectivity index (χ0v) is 11.0. The highest BCUT2D eigenvalue weighted by atomic mass is 16.6. The molecule has 0 bridgehead atoms. The van der Waals surface area contributed by atoms with Gasteiger partial charge in [0.1, 0.15) is 5.69 Å². The van der Waals surface area contributed by atoms with Crippen molar-refractivity contribution in [2.75, 3.05) is 20.3 Å². The number of pyridine rings is 1. The van der Waals surface area contributed by atoms with Crippen molar-refractivity contribution < 1.29 is 9.66 Å². The minimum Gasteiger partial charge on any atom is -0.383 e. The van der Waals surface area contributed by atoms with E-state index in [1.54, 1.807) is 26.3 Å². The van der Waals surface area contributed by atoms with Crippen LogP contribution >= 0.6 is 0 Å². The van der Waals surface area contributed by atoms with Crippen molar-refractivity contribution in [3.05, 3.63) is 33.6 Å². The molecule has 0 aromatic carbocycles. The molecular weight excluding hydrogens is 234 g/mol. The number of nitrogens with zero attached hydrogens (tertiary/aromatic N) is 2. The topological polar surface area (TPSA) is 77.3 Å². The van der Waals surface area contributed by atoms with Crippen molar-refractivity contribution in [3.63, 3.8) is 0 Å². The van der Waals surface area contributed by atoms with E-state index in [-0.39, 0.29) is 16.7 Å². The lowest BCUT2D eigenvalue weighted by molar-refractivity contribution is -0.386. The van der Waals surface area contributed by atoms with Crippen LogP contribution < -0.4 is 5.32 Å². The molecule has 1 unspecified atom stereocenters. The molecule has 0 aliphatic heterocycles. The van der Waals surface area contributed by atoms with Crippen LogP contribution in [0.1, 0.15) is 18.2 Å². The standard InChI is InChI=1S/C12H19N3O3/c1-4-13-10(8-18-3)6-11-12(15(16)17)5-9(2)7-14-11/h5,7,10,13H,4,6,8H2,1-3H3. The van der Waals surface area contributed by atoms with E-state index in [2.05, 4.69) is 10.3 Å². The van der Waals surface area contributed by atoms with E-state index in [0.717, 1.165) is 12.1 Å². The first-order chi connectivity index (χ1) is 8.58. The van der Waals surface area contributed by atoms with Crippen molar-refractivity contribution in [2.24, 2.45) is 0 Å². The number of likely N-dealkylation sites (N-methyl/N-ethyl adjacent to an activating group) is 1. The van der Waals surface area contributed by atoms with E-state index >= 15 is 0 Å². The van der Waals surface area contributed by atoms with Crippen molar-refractivity contribution in [3.8, 4) is 0 Å². The minimum atomic E-state index is -0.384. The fraction of sp³-hybridized carbons (Fsp3) is 0.583. The van der Waals surface area contributed by atoms with E-state index in [1.165, 1.54) is 0 Å². The average Bonchev–Trinajstić information content (AvgIpc) is 2.32. The van der Waals surface area contributed by atoms with Gasteiger partial charge in [0.25, 0.3) is 5.69 Å². The third-order valence-electron chi connectivity index (χ3n) is 2.58. The van der Waals surface area contributed by atoms with Gasteiger partial charge in [0.15, 0.2) is 0 Å². The molecule has 0 fully saturated rings. The minimum absolute atomic E-state index is 0.0360. The Morgan fingerprint density at radius 3 is 2.89 bits per heavy atom. The number of hydrogen-bond acceptors (Lipinski definition) is 5. The van der Waals surface area contributed by atoms with Crippen LogP contribution in [0.4, 0.5) is 5.69 Å². The van der Waals surface area contributed by atoms with Gasteiger partial charge in [-0.25, -0.2) is 0 Å². The molecule has 1 atom stereocenters. The van der Waals surface area contributed by atoms with E-state index in [1.807, 2.05) is 6.92 Å². The summed E-state index contributed by atoms with van der Waals surface area (Å²) in [5.74, 6) is 0. The SMILES string of the molecule is CCNC(COC)Cc1ncc(C)cc1[N+](=O)[O-]. The highest BCUT2D eigenvalue weighted by molar-refractivity contribution is 5.38. The molecule has 0 spiro atoms. The highest BCUT2D eigenvalue weighted by Gasteiger charge is 2.19. The van der Waals surface area contributed by atoms with Crippen molar-refractivity contribution >= 4 is 5.69 Å². The Balaban J connectivity index is 2.90. The first kappa shape index (κ1) is 14.5. The largest absolute Gasteiger partial charge is 0.383 e. The fourth-order valence-electron chi connectivity index (χ4n) is 1.81. The van der Waals surface area contributed by atoms with E-state index in [9.17, 15) is 10.1 Å². The Morgan fingerprint density at radius 1 is 1.61 bits per heavy atom. The average molecular weight is 253 g/mol. The maximum Gasteiger partial charge on any atom is 0.291 e. The number of aryl methyl sites for hydroxylation is 1. The van der Waals surface area contributed by atoms with Gasteiger partial charge < -0.3 is 10.1 Å². The number of rotatable bonds is 7. The molecule has 1 rings (SSSR count). The Kier molecular flexibility index (Phi) is 5.67. The first-order valence-corrected chi connectivity index (χ1v) is 5.90. The molecule has 100 valence electrons. The van der Waals surface area contributed by atoms with Crippen LogP contribution in [0.5, 0.6) is 0 Å². The molecule has 1 aromatic rings. The summed E-state index contributed by atoms with van der Waals surface area (Å²) in [6, 6.07) is 1.59. The van der Waals surface area contributed by atoms with Gasteiger partial charge in [-0.1, -0.05) is 6.92 Å². The first-order valence-electron chi connectivity index (χ1n) is 5.90. The summed E-state index contributed by atoms with van der Waals surface area (Å²) < 4.78 is 5.09. The predicted octanol–water partition coefficient (Wildman–Crippen LogP) is 1.47. The van der Waals surface area contributed by atoms with Gasteiger partial charge in [-0.3, -0.25) is 15.1 Å². The summed E-state index contributed by atoms with van der Waals surface area (Å²) in [4.78, 5) is 14.8. The van der Waals surface area contributed by atoms with Crippen molar-refractivity contribution in [1.29, 1.82) is 0 Å². The molecule has 1 heterocycles. The van der Waals surface area contributed by atoms with Crippen LogP contribution in [-0.4, -0.2) is 36.2 Å². The number of ether oxygens (including phenoxy) is 1. The van der Waals surface area contributed by atoms with E-state index in [0.29, 0.717) is 18.7 Å². The maximum absolute atomic E-state index is 11.0. The van der Waals surface area contributed by atoms with Crippen LogP contribution in [-0.2, 0) is 11.2 Å². The summed E-state index contributed by atoms with van der Waals surface area (Å²) in [6.45, 7) is 5.06. The third-order valence-corrected chi connectivity index (χ3v) is 2.58. The molecule has 18 heavy (non-hydrogen) atoms. The number of methoxy groups -OCH3 is 1. The lowest BCUT2D eigenvalue weighted by Gasteiger charge is -2.16. The molecule has 0 aliphatic carbocycles. The second-order valence-electron chi connectivity index (χ2n) is 4.15. The van der Waals surface area contributed by atoms with Crippen LogP contribution in [0.2, 0.25) is 0 Å². The summed E-state index contributed by atoms with van der Waals surface area (Å²) >= 11 is 0. The smallest absolute Gasteiger partial charge is 0.291 e. The second kappa shape index (κ2) is 7.03. The summed E-state index contributed by atoms with van der Waals surface area (Å²) in [5.41, 5.74) is 1.36. The lowest BCUT2D eigenvalue weighted by Crippen LogP contribution is -2.35. The van der Waals surface area contributed by atoms with E-state index < -0.39 is 0 Å². The van der Waals surface area contributed by atoms with Crippen LogP contribution in [0.25, 0.3) is 0 Å². The molecule has 0 aliphatic rings. The summed E-state index contributed by atoms with van der Waals surface area (Å²) in [7, 11) is 1.61.